The number of anilines is 2. The van der Waals surface area contributed by atoms with Crippen LogP contribution >= 0.6 is 0 Å². The Morgan fingerprint density at radius 3 is 2.38 bits per heavy atom. The second-order valence-electron chi connectivity index (χ2n) is 6.64. The molecule has 0 radical (unpaired) electrons. The normalized spacial score (nSPS) is 13.7. The number of nitrogens with zero attached hydrogens (tertiary/aromatic N) is 3. The van der Waals surface area contributed by atoms with E-state index in [0.717, 1.165) is 5.69 Å². The van der Waals surface area contributed by atoms with Crippen molar-refractivity contribution >= 4 is 29.2 Å². The van der Waals surface area contributed by atoms with Crippen molar-refractivity contribution in [3.63, 3.8) is 0 Å². The van der Waals surface area contributed by atoms with E-state index >= 15 is 0 Å². The molecule has 1 saturated heterocycles. The number of carbonyl (C=O) groups excluding carboxylic acids is 3. The summed E-state index contributed by atoms with van der Waals surface area (Å²) in [5.41, 5.74) is 2.18. The molecule has 2 heterocycles. The summed E-state index contributed by atoms with van der Waals surface area (Å²) in [6.45, 7) is 6.36. The number of hydrogen-bond donors (Lipinski definition) is 1. The van der Waals surface area contributed by atoms with E-state index in [0.29, 0.717) is 49.7 Å². The van der Waals surface area contributed by atoms with Gasteiger partial charge in [0.15, 0.2) is 0 Å². The minimum atomic E-state index is -0.399. The Bertz CT molecular complexity index is 890. The molecule has 152 valence electrons. The van der Waals surface area contributed by atoms with Crippen molar-refractivity contribution in [3.05, 3.63) is 53.9 Å². The second-order valence-corrected chi connectivity index (χ2v) is 6.64. The van der Waals surface area contributed by atoms with E-state index in [9.17, 15) is 14.4 Å². The zero-order chi connectivity index (χ0) is 20.8. The van der Waals surface area contributed by atoms with E-state index < -0.39 is 5.97 Å². The van der Waals surface area contributed by atoms with E-state index in [-0.39, 0.29) is 11.8 Å². The molecule has 29 heavy (non-hydrogen) atoms. The van der Waals surface area contributed by atoms with Gasteiger partial charge in [-0.1, -0.05) is 0 Å². The molecule has 1 fully saturated rings. The van der Waals surface area contributed by atoms with Crippen LogP contribution in [0.15, 0.2) is 42.6 Å². The molecule has 1 N–H and O–H groups in total. The van der Waals surface area contributed by atoms with Gasteiger partial charge >= 0.3 is 5.97 Å². The summed E-state index contributed by atoms with van der Waals surface area (Å²) in [6.07, 6.45) is 1.60. The summed E-state index contributed by atoms with van der Waals surface area (Å²) in [5, 5.41) is 2.78. The quantitative estimate of drug-likeness (QED) is 0.779. The highest BCUT2D eigenvalue weighted by Gasteiger charge is 2.20. The van der Waals surface area contributed by atoms with E-state index in [4.69, 9.17) is 4.74 Å². The monoisotopic (exact) mass is 396 g/mol. The second kappa shape index (κ2) is 9.18. The average molecular weight is 396 g/mol. The fraction of sp³-hybridized carbons (Fsp3) is 0.333. The van der Waals surface area contributed by atoms with Crippen molar-refractivity contribution < 1.29 is 19.1 Å². The number of benzene rings is 1. The zero-order valence-corrected chi connectivity index (χ0v) is 16.6. The lowest BCUT2D eigenvalue weighted by molar-refractivity contribution is -0.129. The van der Waals surface area contributed by atoms with Gasteiger partial charge in [0.25, 0.3) is 5.91 Å². The van der Waals surface area contributed by atoms with Gasteiger partial charge in [0.05, 0.1) is 12.2 Å². The predicted octanol–water partition coefficient (Wildman–Crippen LogP) is 2.18. The Morgan fingerprint density at radius 2 is 1.76 bits per heavy atom. The minimum absolute atomic E-state index is 0.0772. The number of nitrogens with one attached hydrogen (secondary N) is 1. The van der Waals surface area contributed by atoms with Crippen LogP contribution in [0.25, 0.3) is 0 Å². The summed E-state index contributed by atoms with van der Waals surface area (Å²) in [6, 6.07) is 10.1. The predicted molar refractivity (Wildman–Crippen MR) is 109 cm³/mol. The Balaban J connectivity index is 1.64. The number of amides is 2. The summed E-state index contributed by atoms with van der Waals surface area (Å²) >= 11 is 0. The maximum absolute atomic E-state index is 12.6. The molecule has 0 spiro atoms. The van der Waals surface area contributed by atoms with Gasteiger partial charge in [-0.05, 0) is 43.3 Å². The van der Waals surface area contributed by atoms with Crippen LogP contribution in [0.3, 0.4) is 0 Å². The van der Waals surface area contributed by atoms with Crippen LogP contribution in [0.1, 0.15) is 34.7 Å². The van der Waals surface area contributed by atoms with Crippen LogP contribution in [0.5, 0.6) is 0 Å². The van der Waals surface area contributed by atoms with Gasteiger partial charge in [0.2, 0.25) is 5.91 Å². The molecule has 1 aromatic carbocycles. The van der Waals surface area contributed by atoms with Gasteiger partial charge in [0.1, 0.15) is 5.69 Å². The average Bonchev–Trinajstić information content (AvgIpc) is 2.74. The number of carbonyl (C=O) groups is 3. The van der Waals surface area contributed by atoms with Crippen molar-refractivity contribution in [1.29, 1.82) is 0 Å². The Hall–Kier alpha value is -3.42. The van der Waals surface area contributed by atoms with Crippen LogP contribution in [-0.4, -0.2) is 60.5 Å². The topological polar surface area (TPSA) is 91.8 Å². The van der Waals surface area contributed by atoms with Crippen molar-refractivity contribution in [2.75, 3.05) is 43.0 Å². The lowest BCUT2D eigenvalue weighted by atomic mass is 10.2. The zero-order valence-electron chi connectivity index (χ0n) is 16.6. The van der Waals surface area contributed by atoms with Gasteiger partial charge in [-0.15, -0.1) is 0 Å². The molecule has 0 unspecified atom stereocenters. The van der Waals surface area contributed by atoms with E-state index in [1.165, 1.54) is 0 Å². The van der Waals surface area contributed by atoms with Gasteiger partial charge in [-0.25, -0.2) is 4.79 Å². The maximum Gasteiger partial charge on any atom is 0.338 e. The number of esters is 1. The van der Waals surface area contributed by atoms with Crippen molar-refractivity contribution in [1.82, 2.24) is 9.88 Å². The molecule has 0 atom stereocenters. The molecule has 2 aromatic rings. The van der Waals surface area contributed by atoms with Gasteiger partial charge in [-0.2, -0.15) is 0 Å². The van der Waals surface area contributed by atoms with E-state index in [1.807, 2.05) is 11.0 Å². The van der Waals surface area contributed by atoms with Crippen molar-refractivity contribution in [2.45, 2.75) is 13.8 Å². The Kier molecular flexibility index (Phi) is 6.43. The maximum atomic E-state index is 12.6. The molecule has 3 rings (SSSR count). The van der Waals surface area contributed by atoms with Crippen molar-refractivity contribution in [3.8, 4) is 0 Å². The summed E-state index contributed by atoms with van der Waals surface area (Å²) in [4.78, 5) is 43.9. The van der Waals surface area contributed by atoms with Gasteiger partial charge < -0.3 is 19.9 Å². The smallest absolute Gasteiger partial charge is 0.338 e. The first-order valence-corrected chi connectivity index (χ1v) is 9.53. The standard InChI is InChI=1S/C21H24N4O4/c1-3-29-21(28)16-4-6-17(7-5-16)23-20(27)19-14-18(8-9-22-19)25-12-10-24(11-13-25)15(2)26/h4-9,14H,3,10-13H2,1-2H3,(H,23,27). The van der Waals surface area contributed by atoms with Crippen molar-refractivity contribution in [2.24, 2.45) is 0 Å². The van der Waals surface area contributed by atoms with E-state index in [1.54, 1.807) is 50.4 Å². The van der Waals surface area contributed by atoms with Crippen LogP contribution < -0.4 is 10.2 Å². The molecule has 0 aliphatic carbocycles. The molecule has 0 saturated carbocycles. The summed E-state index contributed by atoms with van der Waals surface area (Å²) < 4.78 is 4.95. The molecule has 1 aromatic heterocycles. The SMILES string of the molecule is CCOC(=O)c1ccc(NC(=O)c2cc(N3CCN(C(C)=O)CC3)ccn2)cc1. The number of piperazine rings is 1. The highest BCUT2D eigenvalue weighted by atomic mass is 16.5. The molecule has 2 amide bonds. The fourth-order valence-electron chi connectivity index (χ4n) is 3.12. The van der Waals surface area contributed by atoms with E-state index in [2.05, 4.69) is 15.2 Å². The largest absolute Gasteiger partial charge is 0.462 e. The number of aromatic nitrogens is 1. The van der Waals surface area contributed by atoms with Gasteiger partial charge in [-0.3, -0.25) is 14.6 Å². The first kappa shape index (κ1) is 20.3. The number of ether oxygens (including phenoxy) is 1. The van der Waals surface area contributed by atoms with Gasteiger partial charge in [0, 0.05) is 50.7 Å². The Labute approximate surface area is 169 Å². The minimum Gasteiger partial charge on any atom is -0.462 e. The third-order valence-corrected chi connectivity index (χ3v) is 4.72. The molecule has 8 nitrogen and oxygen atoms in total. The molecule has 8 heteroatoms. The summed E-state index contributed by atoms with van der Waals surface area (Å²) in [7, 11) is 0. The number of rotatable bonds is 5. The summed E-state index contributed by atoms with van der Waals surface area (Å²) in [5.74, 6) is -0.656. The Morgan fingerprint density at radius 1 is 1.07 bits per heavy atom. The molecular formula is C21H24N4O4. The highest BCUT2D eigenvalue weighted by molar-refractivity contribution is 6.03. The molecule has 1 aliphatic rings. The van der Waals surface area contributed by atoms with Crippen LogP contribution in [0.2, 0.25) is 0 Å². The third kappa shape index (κ3) is 5.10. The first-order chi connectivity index (χ1) is 14.0. The van der Waals surface area contributed by atoms with Crippen LogP contribution in [-0.2, 0) is 9.53 Å². The molecular weight excluding hydrogens is 372 g/mol. The molecule has 1 aliphatic heterocycles. The third-order valence-electron chi connectivity index (χ3n) is 4.72. The first-order valence-electron chi connectivity index (χ1n) is 9.53. The molecule has 0 bridgehead atoms. The lowest BCUT2D eigenvalue weighted by Gasteiger charge is -2.35. The van der Waals surface area contributed by atoms with Crippen LogP contribution in [0, 0.1) is 0 Å². The van der Waals surface area contributed by atoms with Crippen LogP contribution in [0.4, 0.5) is 11.4 Å². The lowest BCUT2D eigenvalue weighted by Crippen LogP contribution is -2.48. The number of pyridine rings is 1. The number of hydrogen-bond acceptors (Lipinski definition) is 6. The highest BCUT2D eigenvalue weighted by Crippen LogP contribution is 2.18. The fourth-order valence-corrected chi connectivity index (χ4v) is 3.12.